The van der Waals surface area contributed by atoms with E-state index in [9.17, 15) is 18.3 Å². The molecule has 0 radical (unpaired) electrons. The van der Waals surface area contributed by atoms with Crippen LogP contribution in [0.15, 0.2) is 23.1 Å². The summed E-state index contributed by atoms with van der Waals surface area (Å²) in [5, 5.41) is 12.4. The molecule has 0 bridgehead atoms. The molecule has 26 heavy (non-hydrogen) atoms. The first kappa shape index (κ1) is 19.1. The van der Waals surface area contributed by atoms with Crippen molar-refractivity contribution in [1.29, 1.82) is 0 Å². The van der Waals surface area contributed by atoms with E-state index in [1.165, 1.54) is 18.2 Å². The molecule has 1 atom stereocenters. The molecule has 3 rings (SSSR count). The van der Waals surface area contributed by atoms with Crippen LogP contribution in [0.2, 0.25) is 0 Å². The number of rotatable bonds is 7. The lowest BCUT2D eigenvalue weighted by Crippen LogP contribution is -2.36. The van der Waals surface area contributed by atoms with Gasteiger partial charge in [0, 0.05) is 19.2 Å². The Morgan fingerprint density at radius 2 is 1.92 bits per heavy atom. The van der Waals surface area contributed by atoms with Crippen LogP contribution in [0.5, 0.6) is 0 Å². The van der Waals surface area contributed by atoms with Gasteiger partial charge in [0.05, 0.1) is 17.4 Å². The first-order valence-electron chi connectivity index (χ1n) is 9.21. The fourth-order valence-electron chi connectivity index (χ4n) is 3.56. The highest BCUT2D eigenvalue weighted by atomic mass is 32.2. The van der Waals surface area contributed by atoms with Crippen LogP contribution in [0, 0.1) is 0 Å². The number of benzene rings is 1. The number of carboxylic acids is 1. The summed E-state index contributed by atoms with van der Waals surface area (Å²) < 4.78 is 34.1. The van der Waals surface area contributed by atoms with Crippen LogP contribution >= 0.6 is 0 Å². The van der Waals surface area contributed by atoms with E-state index in [2.05, 4.69) is 10.0 Å². The summed E-state index contributed by atoms with van der Waals surface area (Å²) in [7, 11) is -3.81. The lowest BCUT2D eigenvalue weighted by Gasteiger charge is -2.23. The van der Waals surface area contributed by atoms with Gasteiger partial charge in [-0.25, -0.2) is 17.9 Å². The zero-order valence-corrected chi connectivity index (χ0v) is 15.6. The number of sulfonamides is 1. The number of anilines is 1. The smallest absolute Gasteiger partial charge is 0.335 e. The monoisotopic (exact) mass is 382 g/mol. The number of aromatic carboxylic acids is 1. The summed E-state index contributed by atoms with van der Waals surface area (Å²) in [5.74, 6) is -1.15. The number of carbonyl (C=O) groups is 1. The first-order valence-corrected chi connectivity index (χ1v) is 10.7. The number of hydrogen-bond donors (Lipinski definition) is 3. The molecule has 2 aliphatic rings. The van der Waals surface area contributed by atoms with Crippen LogP contribution in [0.25, 0.3) is 0 Å². The van der Waals surface area contributed by atoms with Crippen molar-refractivity contribution in [2.24, 2.45) is 0 Å². The molecule has 1 aliphatic heterocycles. The van der Waals surface area contributed by atoms with Crippen LogP contribution in [-0.2, 0) is 14.8 Å². The molecule has 0 amide bonds. The Morgan fingerprint density at radius 1 is 1.15 bits per heavy atom. The van der Waals surface area contributed by atoms with Gasteiger partial charge in [0.25, 0.3) is 0 Å². The zero-order valence-electron chi connectivity index (χ0n) is 14.7. The SMILES string of the molecule is O=C(O)c1ccc(NC[C@H]2CCCO2)c(S(=O)(=O)NC2CCCCC2)c1. The topological polar surface area (TPSA) is 105 Å². The highest BCUT2D eigenvalue weighted by Gasteiger charge is 2.26. The molecule has 1 heterocycles. The van der Waals surface area contributed by atoms with Gasteiger partial charge in [-0.2, -0.15) is 0 Å². The van der Waals surface area contributed by atoms with Crippen molar-refractivity contribution < 1.29 is 23.1 Å². The average molecular weight is 382 g/mol. The molecule has 1 aliphatic carbocycles. The lowest BCUT2D eigenvalue weighted by atomic mass is 9.96. The van der Waals surface area contributed by atoms with Crippen LogP contribution in [0.1, 0.15) is 55.3 Å². The summed E-state index contributed by atoms with van der Waals surface area (Å²) in [6.07, 6.45) is 6.75. The fraction of sp³-hybridized carbons (Fsp3) is 0.611. The highest BCUT2D eigenvalue weighted by molar-refractivity contribution is 7.89. The molecular weight excluding hydrogens is 356 g/mol. The minimum absolute atomic E-state index is 0.0130. The molecule has 1 saturated heterocycles. The molecule has 144 valence electrons. The van der Waals surface area contributed by atoms with Crippen LogP contribution in [-0.4, -0.2) is 44.8 Å². The van der Waals surface area contributed by atoms with Gasteiger partial charge in [-0.15, -0.1) is 0 Å². The third kappa shape index (κ3) is 4.75. The minimum atomic E-state index is -3.81. The normalized spacial score (nSPS) is 21.6. The maximum Gasteiger partial charge on any atom is 0.335 e. The molecule has 0 unspecified atom stereocenters. The zero-order chi connectivity index (χ0) is 18.6. The highest BCUT2D eigenvalue weighted by Crippen LogP contribution is 2.26. The van der Waals surface area contributed by atoms with Crippen molar-refractivity contribution in [2.75, 3.05) is 18.5 Å². The van der Waals surface area contributed by atoms with Gasteiger partial charge in [-0.3, -0.25) is 0 Å². The molecule has 3 N–H and O–H groups in total. The van der Waals surface area contributed by atoms with E-state index < -0.39 is 16.0 Å². The van der Waals surface area contributed by atoms with Gasteiger partial charge in [0.2, 0.25) is 10.0 Å². The van der Waals surface area contributed by atoms with E-state index in [0.29, 0.717) is 12.2 Å². The Balaban J connectivity index is 1.82. The minimum Gasteiger partial charge on any atom is -0.478 e. The number of hydrogen-bond acceptors (Lipinski definition) is 5. The quantitative estimate of drug-likeness (QED) is 0.669. The summed E-state index contributed by atoms with van der Waals surface area (Å²) in [6.45, 7) is 1.22. The van der Waals surface area contributed by atoms with E-state index in [1.54, 1.807) is 0 Å². The van der Waals surface area contributed by atoms with Crippen molar-refractivity contribution in [3.63, 3.8) is 0 Å². The van der Waals surface area contributed by atoms with Crippen LogP contribution in [0.4, 0.5) is 5.69 Å². The Bertz CT molecular complexity index is 738. The largest absolute Gasteiger partial charge is 0.478 e. The van der Waals surface area contributed by atoms with E-state index in [1.807, 2.05) is 0 Å². The molecule has 1 aromatic carbocycles. The predicted molar refractivity (Wildman–Crippen MR) is 98.1 cm³/mol. The summed E-state index contributed by atoms with van der Waals surface area (Å²) >= 11 is 0. The van der Waals surface area contributed by atoms with E-state index in [4.69, 9.17) is 4.74 Å². The molecule has 1 aromatic rings. The van der Waals surface area contributed by atoms with E-state index >= 15 is 0 Å². The number of carboxylic acid groups (broad SMARTS) is 1. The van der Waals surface area contributed by atoms with Gasteiger partial charge < -0.3 is 15.2 Å². The van der Waals surface area contributed by atoms with Crippen LogP contribution in [0.3, 0.4) is 0 Å². The average Bonchev–Trinajstić information content (AvgIpc) is 3.13. The van der Waals surface area contributed by atoms with Gasteiger partial charge in [0.15, 0.2) is 0 Å². The summed E-state index contributed by atoms with van der Waals surface area (Å²) in [4.78, 5) is 11.3. The maximum absolute atomic E-state index is 12.9. The van der Waals surface area contributed by atoms with E-state index in [0.717, 1.165) is 51.6 Å². The maximum atomic E-state index is 12.9. The second kappa shape index (κ2) is 8.37. The summed E-state index contributed by atoms with van der Waals surface area (Å²) in [5.41, 5.74) is 0.366. The Kier molecular flexibility index (Phi) is 6.16. The van der Waals surface area contributed by atoms with E-state index in [-0.39, 0.29) is 22.6 Å². The Hall–Kier alpha value is -1.64. The molecule has 1 saturated carbocycles. The van der Waals surface area contributed by atoms with Crippen molar-refractivity contribution in [3.8, 4) is 0 Å². The number of nitrogens with one attached hydrogen (secondary N) is 2. The standard InChI is InChI=1S/C18H26N2O5S/c21-18(22)13-8-9-16(19-12-15-7-4-10-25-15)17(11-13)26(23,24)20-14-5-2-1-3-6-14/h8-9,11,14-15,19-20H,1-7,10,12H2,(H,21,22)/t15-/m1/s1. The molecule has 0 spiro atoms. The first-order chi connectivity index (χ1) is 12.5. The Labute approximate surface area is 154 Å². The predicted octanol–water partition coefficient (Wildman–Crippen LogP) is 2.59. The summed E-state index contributed by atoms with van der Waals surface area (Å²) in [6, 6.07) is 4.08. The third-order valence-electron chi connectivity index (χ3n) is 4.99. The van der Waals surface area contributed by atoms with Crippen molar-refractivity contribution in [2.45, 2.75) is 62.0 Å². The van der Waals surface area contributed by atoms with Gasteiger partial charge in [-0.1, -0.05) is 19.3 Å². The third-order valence-corrected chi connectivity index (χ3v) is 6.55. The van der Waals surface area contributed by atoms with Gasteiger partial charge >= 0.3 is 5.97 Å². The molecule has 7 nitrogen and oxygen atoms in total. The Morgan fingerprint density at radius 3 is 2.58 bits per heavy atom. The molecule has 8 heteroatoms. The molecule has 0 aromatic heterocycles. The number of ether oxygens (including phenoxy) is 1. The molecular formula is C18H26N2O5S. The van der Waals surface area contributed by atoms with Crippen molar-refractivity contribution in [3.05, 3.63) is 23.8 Å². The fourth-order valence-corrected chi connectivity index (χ4v) is 5.07. The second-order valence-corrected chi connectivity index (χ2v) is 8.67. The van der Waals surface area contributed by atoms with Crippen LogP contribution < -0.4 is 10.0 Å². The van der Waals surface area contributed by atoms with Crippen molar-refractivity contribution in [1.82, 2.24) is 4.72 Å². The lowest BCUT2D eigenvalue weighted by molar-refractivity contribution is 0.0696. The molecule has 2 fully saturated rings. The van der Waals surface area contributed by atoms with Crippen molar-refractivity contribution >= 4 is 21.7 Å². The van der Waals surface area contributed by atoms with Gasteiger partial charge in [-0.05, 0) is 43.9 Å². The van der Waals surface area contributed by atoms with Gasteiger partial charge in [0.1, 0.15) is 4.90 Å². The second-order valence-electron chi connectivity index (χ2n) is 6.99.